The quantitative estimate of drug-likeness (QED) is 0.431. The molecular formula is C21H15ClFNO2S. The molecule has 0 saturated heterocycles. The monoisotopic (exact) mass is 399 g/mol. The molecule has 1 N–H and O–H groups in total. The van der Waals surface area contributed by atoms with Crippen LogP contribution in [-0.2, 0) is 10.5 Å². The van der Waals surface area contributed by atoms with E-state index in [9.17, 15) is 9.18 Å². The Morgan fingerprint density at radius 3 is 2.70 bits per heavy atom. The predicted octanol–water partition coefficient (Wildman–Crippen LogP) is 6.25. The molecule has 0 radical (unpaired) electrons. The molecule has 0 saturated carbocycles. The number of nitrogens with one attached hydrogen (secondary N) is 1. The third kappa shape index (κ3) is 3.80. The van der Waals surface area contributed by atoms with Crippen LogP contribution < -0.4 is 5.32 Å². The zero-order valence-corrected chi connectivity index (χ0v) is 15.7. The van der Waals surface area contributed by atoms with Gasteiger partial charge in [0.25, 0.3) is 0 Å². The third-order valence-corrected chi connectivity index (χ3v) is 5.52. The first-order chi connectivity index (χ1) is 13.1. The number of halogens is 2. The van der Waals surface area contributed by atoms with Gasteiger partial charge in [-0.2, -0.15) is 0 Å². The van der Waals surface area contributed by atoms with Gasteiger partial charge in [-0.05, 0) is 30.3 Å². The van der Waals surface area contributed by atoms with Crippen molar-refractivity contribution in [2.45, 2.75) is 5.75 Å². The van der Waals surface area contributed by atoms with Crippen molar-refractivity contribution in [2.75, 3.05) is 11.1 Å². The van der Waals surface area contributed by atoms with Gasteiger partial charge in [-0.25, -0.2) is 4.39 Å². The molecule has 1 amide bonds. The minimum Gasteiger partial charge on any atom is -0.456 e. The average molecular weight is 400 g/mol. The lowest BCUT2D eigenvalue weighted by atomic mass is 10.1. The summed E-state index contributed by atoms with van der Waals surface area (Å²) in [6.45, 7) is 0. The number of rotatable bonds is 5. The Morgan fingerprint density at radius 1 is 1.04 bits per heavy atom. The fourth-order valence-corrected chi connectivity index (χ4v) is 4.08. The smallest absolute Gasteiger partial charge is 0.234 e. The summed E-state index contributed by atoms with van der Waals surface area (Å²) in [5.74, 6) is 0.0124. The van der Waals surface area contributed by atoms with Gasteiger partial charge in [-0.1, -0.05) is 35.9 Å². The van der Waals surface area contributed by atoms with E-state index in [4.69, 9.17) is 16.0 Å². The van der Waals surface area contributed by atoms with Crippen molar-refractivity contribution in [2.24, 2.45) is 0 Å². The minimum absolute atomic E-state index is 0.164. The van der Waals surface area contributed by atoms with Gasteiger partial charge in [0.05, 0.1) is 5.75 Å². The summed E-state index contributed by atoms with van der Waals surface area (Å²) >= 11 is 7.31. The molecule has 0 aliphatic rings. The molecule has 0 atom stereocenters. The van der Waals surface area contributed by atoms with Gasteiger partial charge in [0.15, 0.2) is 0 Å². The maximum absolute atomic E-state index is 13.7. The van der Waals surface area contributed by atoms with Crippen molar-refractivity contribution in [3.8, 4) is 0 Å². The van der Waals surface area contributed by atoms with Crippen LogP contribution in [0.15, 0.2) is 65.1 Å². The summed E-state index contributed by atoms with van der Waals surface area (Å²) in [7, 11) is 0. The van der Waals surface area contributed by atoms with Crippen molar-refractivity contribution in [1.29, 1.82) is 0 Å². The van der Waals surface area contributed by atoms with Crippen molar-refractivity contribution < 1.29 is 13.6 Å². The van der Waals surface area contributed by atoms with Crippen LogP contribution in [0.2, 0.25) is 5.02 Å². The Morgan fingerprint density at radius 2 is 1.85 bits per heavy atom. The number of thioether (sulfide) groups is 1. The van der Waals surface area contributed by atoms with Gasteiger partial charge in [0.2, 0.25) is 5.91 Å². The number of amides is 1. The summed E-state index contributed by atoms with van der Waals surface area (Å²) in [6, 6.07) is 18.0. The van der Waals surface area contributed by atoms with Gasteiger partial charge in [0, 0.05) is 38.9 Å². The molecule has 0 unspecified atom stereocenters. The van der Waals surface area contributed by atoms with E-state index in [2.05, 4.69) is 5.32 Å². The van der Waals surface area contributed by atoms with E-state index in [0.29, 0.717) is 22.0 Å². The highest BCUT2D eigenvalue weighted by Gasteiger charge is 2.11. The minimum atomic E-state index is -0.356. The Balaban J connectivity index is 1.41. The lowest BCUT2D eigenvalue weighted by Crippen LogP contribution is -2.14. The molecule has 3 aromatic carbocycles. The molecule has 0 fully saturated rings. The highest BCUT2D eigenvalue weighted by Crippen LogP contribution is 2.30. The normalized spacial score (nSPS) is 11.2. The average Bonchev–Trinajstić information content (AvgIpc) is 3.02. The summed E-state index contributed by atoms with van der Waals surface area (Å²) in [5, 5.41) is 5.27. The second-order valence-electron chi connectivity index (χ2n) is 6.05. The molecule has 1 heterocycles. The molecule has 0 aliphatic heterocycles. The van der Waals surface area contributed by atoms with Gasteiger partial charge in [-0.3, -0.25) is 4.79 Å². The number of carbonyl (C=O) groups is 1. The van der Waals surface area contributed by atoms with Crippen LogP contribution in [0.4, 0.5) is 10.1 Å². The topological polar surface area (TPSA) is 42.2 Å². The molecule has 27 heavy (non-hydrogen) atoms. The molecule has 0 bridgehead atoms. The highest BCUT2D eigenvalue weighted by atomic mass is 35.5. The summed E-state index contributed by atoms with van der Waals surface area (Å²) in [4.78, 5) is 12.2. The first kappa shape index (κ1) is 17.9. The standard InChI is InChI=1S/C21H15ClFNO2S/c22-17-5-3-6-18(23)16(17)11-27-12-21(25)24-13-8-9-15-14-4-1-2-7-19(14)26-20(15)10-13/h1-10H,11-12H2,(H,24,25). The zero-order valence-electron chi connectivity index (χ0n) is 14.2. The number of furan rings is 1. The Kier molecular flexibility index (Phi) is 5.05. The SMILES string of the molecule is O=C(CSCc1c(F)cccc1Cl)Nc1ccc2c(c1)oc1ccccc12. The molecule has 0 spiro atoms. The number of para-hydroxylation sites is 1. The molecule has 6 heteroatoms. The molecular weight excluding hydrogens is 385 g/mol. The fraction of sp³-hybridized carbons (Fsp3) is 0.0952. The van der Waals surface area contributed by atoms with Crippen molar-refractivity contribution in [1.82, 2.24) is 0 Å². The van der Waals surface area contributed by atoms with Gasteiger partial charge in [-0.15, -0.1) is 11.8 Å². The van der Waals surface area contributed by atoms with Crippen LogP contribution in [0.25, 0.3) is 21.9 Å². The highest BCUT2D eigenvalue weighted by molar-refractivity contribution is 7.99. The Labute approximate surface area is 164 Å². The van der Waals surface area contributed by atoms with Crippen LogP contribution in [-0.4, -0.2) is 11.7 Å². The van der Waals surface area contributed by atoms with E-state index in [0.717, 1.165) is 21.9 Å². The lowest BCUT2D eigenvalue weighted by molar-refractivity contribution is -0.113. The fourth-order valence-electron chi connectivity index (χ4n) is 2.92. The molecule has 3 nitrogen and oxygen atoms in total. The van der Waals surface area contributed by atoms with E-state index >= 15 is 0 Å². The van der Waals surface area contributed by atoms with E-state index in [1.54, 1.807) is 12.1 Å². The van der Waals surface area contributed by atoms with Crippen LogP contribution in [0.1, 0.15) is 5.56 Å². The molecule has 0 aliphatic carbocycles. The number of anilines is 1. The van der Waals surface area contributed by atoms with Crippen molar-refractivity contribution in [3.63, 3.8) is 0 Å². The first-order valence-corrected chi connectivity index (χ1v) is 9.87. The number of carbonyl (C=O) groups excluding carboxylic acids is 1. The zero-order chi connectivity index (χ0) is 18.8. The summed E-state index contributed by atoms with van der Waals surface area (Å²) in [6.07, 6.45) is 0. The van der Waals surface area contributed by atoms with Crippen LogP contribution in [0.3, 0.4) is 0 Å². The Hall–Kier alpha value is -2.50. The molecule has 4 aromatic rings. The van der Waals surface area contributed by atoms with E-state index < -0.39 is 0 Å². The summed E-state index contributed by atoms with van der Waals surface area (Å²) in [5.41, 5.74) is 2.62. The van der Waals surface area contributed by atoms with Crippen molar-refractivity contribution in [3.05, 3.63) is 77.1 Å². The first-order valence-electron chi connectivity index (χ1n) is 8.33. The summed E-state index contributed by atoms with van der Waals surface area (Å²) < 4.78 is 19.6. The maximum atomic E-state index is 13.7. The number of hydrogen-bond acceptors (Lipinski definition) is 3. The second-order valence-corrected chi connectivity index (χ2v) is 7.44. The van der Waals surface area contributed by atoms with E-state index in [1.807, 2.05) is 42.5 Å². The van der Waals surface area contributed by atoms with Gasteiger partial charge >= 0.3 is 0 Å². The number of fused-ring (bicyclic) bond motifs is 3. The Bertz CT molecular complexity index is 1120. The van der Waals surface area contributed by atoms with E-state index in [-0.39, 0.29) is 17.5 Å². The van der Waals surface area contributed by atoms with Gasteiger partial charge in [0.1, 0.15) is 17.0 Å². The van der Waals surface area contributed by atoms with Crippen LogP contribution in [0, 0.1) is 5.82 Å². The maximum Gasteiger partial charge on any atom is 0.234 e. The van der Waals surface area contributed by atoms with Gasteiger partial charge < -0.3 is 9.73 Å². The predicted molar refractivity (Wildman–Crippen MR) is 110 cm³/mol. The lowest BCUT2D eigenvalue weighted by Gasteiger charge is -2.07. The van der Waals surface area contributed by atoms with Crippen LogP contribution >= 0.6 is 23.4 Å². The van der Waals surface area contributed by atoms with Crippen molar-refractivity contribution >= 4 is 56.9 Å². The van der Waals surface area contributed by atoms with E-state index in [1.165, 1.54) is 17.8 Å². The van der Waals surface area contributed by atoms with Crippen LogP contribution in [0.5, 0.6) is 0 Å². The second kappa shape index (κ2) is 7.62. The third-order valence-electron chi connectivity index (χ3n) is 4.20. The number of benzene rings is 3. The molecule has 1 aromatic heterocycles. The number of hydrogen-bond donors (Lipinski definition) is 1. The largest absolute Gasteiger partial charge is 0.456 e. The molecule has 136 valence electrons. The molecule has 4 rings (SSSR count).